The molecule has 0 saturated heterocycles. The average Bonchev–Trinajstić information content (AvgIpc) is 2.70. The van der Waals surface area contributed by atoms with Crippen LogP contribution in [0, 0.1) is 10.1 Å². The number of nitrogens with zero attached hydrogens (tertiary/aromatic N) is 2. The zero-order valence-corrected chi connectivity index (χ0v) is 15.9. The van der Waals surface area contributed by atoms with Crippen LogP contribution >= 0.6 is 11.6 Å². The van der Waals surface area contributed by atoms with Crippen LogP contribution in [0.4, 0.5) is 11.4 Å². The van der Waals surface area contributed by atoms with Crippen molar-refractivity contribution in [3.05, 3.63) is 99.6 Å². The van der Waals surface area contributed by atoms with E-state index in [2.05, 4.69) is 10.5 Å². The van der Waals surface area contributed by atoms with Crippen molar-refractivity contribution in [1.82, 2.24) is 0 Å². The topological polar surface area (TPSA) is 102 Å². The van der Waals surface area contributed by atoms with Crippen molar-refractivity contribution >= 4 is 37.9 Å². The van der Waals surface area contributed by atoms with Crippen LogP contribution in [0.15, 0.2) is 88.9 Å². The highest BCUT2D eigenvalue weighted by Gasteiger charge is 2.24. The molecule has 0 bridgehead atoms. The summed E-state index contributed by atoms with van der Waals surface area (Å²) in [5.74, 6) is 0. The van der Waals surface area contributed by atoms with E-state index in [4.69, 9.17) is 11.6 Å². The van der Waals surface area contributed by atoms with Crippen LogP contribution in [-0.2, 0) is 9.84 Å². The maximum absolute atomic E-state index is 13.1. The van der Waals surface area contributed by atoms with E-state index in [0.29, 0.717) is 16.3 Å². The summed E-state index contributed by atoms with van der Waals surface area (Å²) >= 11 is 5.90. The summed E-state index contributed by atoms with van der Waals surface area (Å²) in [6.07, 6.45) is 0. The van der Waals surface area contributed by atoms with Gasteiger partial charge in [-0.05, 0) is 36.4 Å². The van der Waals surface area contributed by atoms with E-state index in [0.717, 1.165) is 0 Å². The molecule has 0 aromatic heterocycles. The monoisotopic (exact) mass is 415 g/mol. The van der Waals surface area contributed by atoms with E-state index in [1.54, 1.807) is 42.5 Å². The quantitative estimate of drug-likeness (QED) is 0.286. The molecule has 3 aromatic rings. The summed E-state index contributed by atoms with van der Waals surface area (Å²) in [4.78, 5) is 10.3. The third kappa shape index (κ3) is 4.36. The van der Waals surface area contributed by atoms with Gasteiger partial charge in [-0.2, -0.15) is 5.10 Å². The molecule has 28 heavy (non-hydrogen) atoms. The van der Waals surface area contributed by atoms with E-state index in [-0.39, 0.29) is 15.6 Å². The van der Waals surface area contributed by atoms with Crippen molar-refractivity contribution in [2.75, 3.05) is 5.43 Å². The first kappa shape index (κ1) is 19.5. The van der Waals surface area contributed by atoms with Crippen LogP contribution in [0.5, 0.6) is 0 Å². The molecule has 0 radical (unpaired) electrons. The van der Waals surface area contributed by atoms with Crippen molar-refractivity contribution in [2.45, 2.75) is 4.90 Å². The molecule has 0 aliphatic rings. The lowest BCUT2D eigenvalue weighted by molar-refractivity contribution is -0.384. The number of halogens is 1. The molecule has 0 amide bonds. The molecule has 1 N–H and O–H groups in total. The second-order valence-electron chi connectivity index (χ2n) is 5.66. The predicted octanol–water partition coefficient (Wildman–Crippen LogP) is 4.50. The van der Waals surface area contributed by atoms with Gasteiger partial charge in [-0.1, -0.05) is 41.9 Å². The Balaban J connectivity index is 2.02. The molecule has 0 aliphatic carbocycles. The van der Waals surface area contributed by atoms with Gasteiger partial charge in [-0.15, -0.1) is 0 Å². The second-order valence-corrected chi connectivity index (χ2v) is 7.96. The van der Waals surface area contributed by atoms with Crippen molar-refractivity contribution in [3.8, 4) is 0 Å². The number of hydrazone groups is 1. The number of nitrogens with one attached hydrogen (secondary N) is 1. The fourth-order valence-electron chi connectivity index (χ4n) is 2.36. The van der Waals surface area contributed by atoms with Crippen LogP contribution in [-0.4, -0.2) is 18.4 Å². The lowest BCUT2D eigenvalue weighted by Gasteiger charge is -2.10. The number of nitro benzene ring substituents is 1. The smallest absolute Gasteiger partial charge is 0.269 e. The fourth-order valence-corrected chi connectivity index (χ4v) is 3.83. The molecule has 3 rings (SSSR count). The largest absolute Gasteiger partial charge is 0.277 e. The average molecular weight is 416 g/mol. The van der Waals surface area contributed by atoms with Gasteiger partial charge in [0.25, 0.3) is 5.69 Å². The fraction of sp³-hybridized carbons (Fsp3) is 0. The minimum absolute atomic E-state index is 0.0793. The minimum atomic E-state index is -3.92. The Hall–Kier alpha value is -3.23. The molecule has 0 fully saturated rings. The number of nitro groups is 1. The Bertz CT molecular complexity index is 1110. The lowest BCUT2D eigenvalue weighted by atomic mass is 10.2. The summed E-state index contributed by atoms with van der Waals surface area (Å²) in [5, 5.41) is 15.1. The summed E-state index contributed by atoms with van der Waals surface area (Å²) in [6, 6.07) is 19.6. The SMILES string of the molecule is O=[N+]([O-])c1ccc(N/N=C(\c2ccc(Cl)cc2)S(=O)(=O)c2ccccc2)cc1. The van der Waals surface area contributed by atoms with Gasteiger partial charge in [0.15, 0.2) is 5.04 Å². The minimum Gasteiger partial charge on any atom is -0.277 e. The molecular formula is C19H14ClN3O4S. The normalized spacial score (nSPS) is 11.8. The number of hydrogen-bond acceptors (Lipinski definition) is 6. The standard InChI is InChI=1S/C19H14ClN3O4S/c20-15-8-6-14(7-9-15)19(28(26,27)18-4-2-1-3-5-18)22-21-16-10-12-17(13-11-16)23(24)25/h1-13,21H/b22-19+. The van der Waals surface area contributed by atoms with E-state index >= 15 is 0 Å². The molecule has 9 heteroatoms. The molecule has 0 heterocycles. The highest BCUT2D eigenvalue weighted by atomic mass is 35.5. The molecule has 3 aromatic carbocycles. The Labute approximate surface area is 166 Å². The molecule has 0 unspecified atom stereocenters. The molecule has 0 spiro atoms. The van der Waals surface area contributed by atoms with E-state index in [1.165, 1.54) is 36.4 Å². The third-order valence-corrected chi connectivity index (χ3v) is 5.74. The first-order valence-corrected chi connectivity index (χ1v) is 9.88. The van der Waals surface area contributed by atoms with Crippen LogP contribution in [0.1, 0.15) is 5.56 Å². The lowest BCUT2D eigenvalue weighted by Crippen LogP contribution is -2.18. The predicted molar refractivity (Wildman–Crippen MR) is 108 cm³/mol. The van der Waals surface area contributed by atoms with Crippen molar-refractivity contribution < 1.29 is 13.3 Å². The van der Waals surface area contributed by atoms with E-state index in [1.807, 2.05) is 0 Å². The van der Waals surface area contributed by atoms with E-state index < -0.39 is 14.8 Å². The third-order valence-electron chi connectivity index (χ3n) is 3.76. The van der Waals surface area contributed by atoms with Crippen molar-refractivity contribution in [3.63, 3.8) is 0 Å². The summed E-state index contributed by atoms with van der Waals surface area (Å²) in [5.41, 5.74) is 3.33. The first-order chi connectivity index (χ1) is 13.4. The van der Waals surface area contributed by atoms with Crippen molar-refractivity contribution in [2.24, 2.45) is 5.10 Å². The van der Waals surface area contributed by atoms with Crippen molar-refractivity contribution in [1.29, 1.82) is 0 Å². The first-order valence-electron chi connectivity index (χ1n) is 8.02. The highest BCUT2D eigenvalue weighted by molar-refractivity contribution is 8.07. The zero-order valence-electron chi connectivity index (χ0n) is 14.3. The summed E-state index contributed by atoms with van der Waals surface area (Å²) in [6.45, 7) is 0. The van der Waals surface area contributed by atoms with Gasteiger partial charge in [0, 0.05) is 22.7 Å². The zero-order chi connectivity index (χ0) is 20.1. The van der Waals surface area contributed by atoms with E-state index in [9.17, 15) is 18.5 Å². The summed E-state index contributed by atoms with van der Waals surface area (Å²) < 4.78 is 26.2. The molecule has 142 valence electrons. The van der Waals surface area contributed by atoms with Crippen LogP contribution < -0.4 is 5.43 Å². The van der Waals surface area contributed by atoms with Gasteiger partial charge in [-0.3, -0.25) is 15.5 Å². The Morgan fingerprint density at radius 2 is 1.54 bits per heavy atom. The maximum Gasteiger partial charge on any atom is 0.269 e. The molecular weight excluding hydrogens is 402 g/mol. The number of hydrogen-bond donors (Lipinski definition) is 1. The van der Waals surface area contributed by atoms with Gasteiger partial charge >= 0.3 is 0 Å². The number of anilines is 1. The van der Waals surface area contributed by atoms with Gasteiger partial charge in [0.2, 0.25) is 9.84 Å². The van der Waals surface area contributed by atoms with Gasteiger partial charge in [-0.25, -0.2) is 8.42 Å². The second kappa shape index (κ2) is 8.20. The highest BCUT2D eigenvalue weighted by Crippen LogP contribution is 2.21. The summed E-state index contributed by atoms with van der Waals surface area (Å²) in [7, 11) is -3.92. The molecule has 0 atom stereocenters. The number of sulfone groups is 1. The Morgan fingerprint density at radius 3 is 2.11 bits per heavy atom. The molecule has 0 saturated carbocycles. The Kier molecular flexibility index (Phi) is 5.72. The van der Waals surface area contributed by atoms with Gasteiger partial charge in [0.1, 0.15) is 0 Å². The van der Waals surface area contributed by atoms with Crippen LogP contribution in [0.3, 0.4) is 0 Å². The number of non-ortho nitro benzene ring substituents is 1. The Morgan fingerprint density at radius 1 is 0.929 bits per heavy atom. The van der Waals surface area contributed by atoms with Gasteiger partial charge in [0.05, 0.1) is 15.5 Å². The number of benzene rings is 3. The molecule has 7 nitrogen and oxygen atoms in total. The van der Waals surface area contributed by atoms with Crippen LogP contribution in [0.25, 0.3) is 0 Å². The molecule has 0 aliphatic heterocycles. The number of rotatable bonds is 5. The van der Waals surface area contributed by atoms with Crippen LogP contribution in [0.2, 0.25) is 5.02 Å². The maximum atomic E-state index is 13.1. The van der Waals surface area contributed by atoms with Gasteiger partial charge < -0.3 is 0 Å².